The molecule has 1 amide bonds. The first-order chi connectivity index (χ1) is 12.4. The summed E-state index contributed by atoms with van der Waals surface area (Å²) < 4.78 is 15.2. The van der Waals surface area contributed by atoms with E-state index in [1.54, 1.807) is 6.07 Å². The molecule has 7 heteroatoms. The summed E-state index contributed by atoms with van der Waals surface area (Å²) in [6.45, 7) is 3.84. The first-order valence-corrected chi connectivity index (χ1v) is 9.08. The second-order valence-corrected chi connectivity index (χ2v) is 6.97. The zero-order valence-electron chi connectivity index (χ0n) is 14.8. The highest BCUT2D eigenvalue weighted by Crippen LogP contribution is 2.23. The number of aromatic nitrogens is 3. The van der Waals surface area contributed by atoms with E-state index in [1.807, 2.05) is 49.7 Å². The molecule has 1 N–H and O–H groups in total. The lowest BCUT2D eigenvalue weighted by Gasteiger charge is -2.08. The van der Waals surface area contributed by atoms with Crippen molar-refractivity contribution in [2.45, 2.75) is 19.0 Å². The maximum atomic E-state index is 13.3. The molecular weight excluding hydrogens is 351 g/mol. The van der Waals surface area contributed by atoms with E-state index in [-0.39, 0.29) is 17.5 Å². The molecule has 2 aromatic carbocycles. The molecule has 0 unspecified atom stereocenters. The highest BCUT2D eigenvalue weighted by atomic mass is 32.2. The van der Waals surface area contributed by atoms with Crippen molar-refractivity contribution < 1.29 is 9.18 Å². The van der Waals surface area contributed by atoms with Gasteiger partial charge in [0.2, 0.25) is 5.91 Å². The van der Waals surface area contributed by atoms with Crippen molar-refractivity contribution in [3.63, 3.8) is 0 Å². The molecule has 0 spiro atoms. The fourth-order valence-corrected chi connectivity index (χ4v) is 3.23. The molecule has 0 bridgehead atoms. The molecule has 0 saturated carbocycles. The van der Waals surface area contributed by atoms with Crippen LogP contribution in [0.2, 0.25) is 0 Å². The van der Waals surface area contributed by atoms with Crippen LogP contribution >= 0.6 is 11.8 Å². The van der Waals surface area contributed by atoms with Crippen molar-refractivity contribution in [2.75, 3.05) is 11.1 Å². The van der Waals surface area contributed by atoms with Crippen LogP contribution in [0.25, 0.3) is 11.4 Å². The Balaban J connectivity index is 1.67. The van der Waals surface area contributed by atoms with Gasteiger partial charge >= 0.3 is 0 Å². The molecule has 0 aliphatic heterocycles. The van der Waals surface area contributed by atoms with E-state index in [0.29, 0.717) is 10.8 Å². The maximum absolute atomic E-state index is 13.3. The van der Waals surface area contributed by atoms with Gasteiger partial charge in [-0.15, -0.1) is 10.2 Å². The average Bonchev–Trinajstić information content (AvgIpc) is 2.97. The van der Waals surface area contributed by atoms with Crippen molar-refractivity contribution in [1.82, 2.24) is 14.8 Å². The van der Waals surface area contributed by atoms with Crippen molar-refractivity contribution in [3.05, 3.63) is 59.4 Å². The molecular formula is C19H19FN4OS. The summed E-state index contributed by atoms with van der Waals surface area (Å²) in [5, 5.41) is 11.8. The minimum absolute atomic E-state index is 0.162. The first-order valence-electron chi connectivity index (χ1n) is 8.09. The molecule has 0 atom stereocenters. The number of rotatable bonds is 5. The van der Waals surface area contributed by atoms with Gasteiger partial charge in [-0.05, 0) is 37.6 Å². The molecule has 5 nitrogen and oxygen atoms in total. The van der Waals surface area contributed by atoms with E-state index in [2.05, 4.69) is 15.5 Å². The normalized spacial score (nSPS) is 10.8. The van der Waals surface area contributed by atoms with Crippen molar-refractivity contribution in [2.24, 2.45) is 7.05 Å². The van der Waals surface area contributed by atoms with E-state index >= 15 is 0 Å². The summed E-state index contributed by atoms with van der Waals surface area (Å²) in [6, 6.07) is 12.3. The SMILES string of the molecule is Cc1cccc(-c2nnc(SCC(=O)Nc3cc(F)ccc3C)n2C)c1. The first kappa shape index (κ1) is 18.1. The number of hydrogen-bond acceptors (Lipinski definition) is 4. The Morgan fingerprint density at radius 1 is 1.19 bits per heavy atom. The zero-order chi connectivity index (χ0) is 18.7. The Morgan fingerprint density at radius 2 is 2.00 bits per heavy atom. The number of thioether (sulfide) groups is 1. The molecule has 0 fully saturated rings. The van der Waals surface area contributed by atoms with Gasteiger partial charge in [-0.2, -0.15) is 0 Å². The summed E-state index contributed by atoms with van der Waals surface area (Å²) >= 11 is 1.29. The fourth-order valence-electron chi connectivity index (χ4n) is 2.52. The summed E-state index contributed by atoms with van der Waals surface area (Å²) in [7, 11) is 1.87. The molecule has 3 aromatic rings. The number of nitrogens with one attached hydrogen (secondary N) is 1. The van der Waals surface area contributed by atoms with Crippen LogP contribution in [0.15, 0.2) is 47.6 Å². The van der Waals surface area contributed by atoms with Crippen molar-refractivity contribution in [1.29, 1.82) is 0 Å². The Labute approximate surface area is 155 Å². The van der Waals surface area contributed by atoms with Crippen molar-refractivity contribution >= 4 is 23.4 Å². The quantitative estimate of drug-likeness (QED) is 0.691. The number of nitrogens with zero attached hydrogens (tertiary/aromatic N) is 3. The van der Waals surface area contributed by atoms with Gasteiger partial charge in [-0.1, -0.05) is 41.6 Å². The molecule has 0 aliphatic rings. The van der Waals surface area contributed by atoms with E-state index < -0.39 is 0 Å². The van der Waals surface area contributed by atoms with E-state index in [4.69, 9.17) is 0 Å². The molecule has 134 valence electrons. The molecule has 3 rings (SSSR count). The van der Waals surface area contributed by atoms with Crippen LogP contribution in [0.1, 0.15) is 11.1 Å². The second kappa shape index (κ2) is 7.70. The van der Waals surface area contributed by atoms with Crippen molar-refractivity contribution in [3.8, 4) is 11.4 Å². The lowest BCUT2D eigenvalue weighted by atomic mass is 10.1. The third kappa shape index (κ3) is 4.11. The van der Waals surface area contributed by atoms with Gasteiger partial charge in [0.25, 0.3) is 0 Å². The smallest absolute Gasteiger partial charge is 0.234 e. The van der Waals surface area contributed by atoms with Gasteiger partial charge in [-0.3, -0.25) is 4.79 Å². The topological polar surface area (TPSA) is 59.8 Å². The van der Waals surface area contributed by atoms with Crippen LogP contribution in [-0.2, 0) is 11.8 Å². The summed E-state index contributed by atoms with van der Waals surface area (Å²) in [5.41, 5.74) is 3.41. The summed E-state index contributed by atoms with van der Waals surface area (Å²) in [4.78, 5) is 12.2. The second-order valence-electron chi connectivity index (χ2n) is 6.03. The number of amides is 1. The fraction of sp³-hybridized carbons (Fsp3) is 0.211. The highest BCUT2D eigenvalue weighted by molar-refractivity contribution is 7.99. The largest absolute Gasteiger partial charge is 0.325 e. The Hall–Kier alpha value is -2.67. The number of benzene rings is 2. The van der Waals surface area contributed by atoms with Gasteiger partial charge in [0.1, 0.15) is 5.82 Å². The van der Waals surface area contributed by atoms with E-state index in [0.717, 1.165) is 22.5 Å². The Morgan fingerprint density at radius 3 is 2.77 bits per heavy atom. The maximum Gasteiger partial charge on any atom is 0.234 e. The summed E-state index contributed by atoms with van der Waals surface area (Å²) in [5.74, 6) is 0.312. The predicted octanol–water partition coefficient (Wildman–Crippen LogP) is 3.97. The number of hydrogen-bond donors (Lipinski definition) is 1. The lowest BCUT2D eigenvalue weighted by Crippen LogP contribution is -2.15. The zero-order valence-corrected chi connectivity index (χ0v) is 15.6. The van der Waals surface area contributed by atoms with Gasteiger partial charge in [0.15, 0.2) is 11.0 Å². The van der Waals surface area contributed by atoms with Crippen LogP contribution in [-0.4, -0.2) is 26.4 Å². The molecule has 0 aliphatic carbocycles. The minimum atomic E-state index is -0.380. The molecule has 0 radical (unpaired) electrons. The Kier molecular flexibility index (Phi) is 5.37. The highest BCUT2D eigenvalue weighted by Gasteiger charge is 2.13. The number of aryl methyl sites for hydroxylation is 2. The van der Waals surface area contributed by atoms with Crippen LogP contribution < -0.4 is 5.32 Å². The number of carbonyl (C=O) groups is 1. The third-order valence-corrected chi connectivity index (χ3v) is 4.94. The van der Waals surface area contributed by atoms with Crippen LogP contribution in [0.3, 0.4) is 0 Å². The van der Waals surface area contributed by atoms with Crippen LogP contribution in [0.4, 0.5) is 10.1 Å². The molecule has 26 heavy (non-hydrogen) atoms. The monoisotopic (exact) mass is 370 g/mol. The Bertz CT molecular complexity index is 954. The standard InChI is InChI=1S/C19H19FN4OS/c1-12-5-4-6-14(9-12)18-22-23-19(24(18)3)26-11-17(25)21-16-10-15(20)8-7-13(16)2/h4-10H,11H2,1-3H3,(H,21,25). The lowest BCUT2D eigenvalue weighted by molar-refractivity contribution is -0.113. The van der Waals surface area contributed by atoms with Crippen LogP contribution in [0, 0.1) is 19.7 Å². The summed E-state index contributed by atoms with van der Waals surface area (Å²) in [6.07, 6.45) is 0. The van der Waals surface area contributed by atoms with Gasteiger partial charge in [0, 0.05) is 18.3 Å². The van der Waals surface area contributed by atoms with E-state index in [1.165, 1.54) is 23.9 Å². The van der Waals surface area contributed by atoms with Gasteiger partial charge < -0.3 is 9.88 Å². The molecule has 1 aromatic heterocycles. The van der Waals surface area contributed by atoms with Gasteiger partial charge in [-0.25, -0.2) is 4.39 Å². The third-order valence-electron chi connectivity index (χ3n) is 3.92. The van der Waals surface area contributed by atoms with Gasteiger partial charge in [0.05, 0.1) is 5.75 Å². The molecule has 1 heterocycles. The molecule has 0 saturated heterocycles. The average molecular weight is 370 g/mol. The predicted molar refractivity (Wildman–Crippen MR) is 102 cm³/mol. The van der Waals surface area contributed by atoms with Crippen LogP contribution in [0.5, 0.6) is 0 Å². The van der Waals surface area contributed by atoms with E-state index in [9.17, 15) is 9.18 Å². The minimum Gasteiger partial charge on any atom is -0.325 e. The number of anilines is 1. The number of carbonyl (C=O) groups excluding carboxylic acids is 1. The number of halogens is 1.